The molecule has 1 aromatic carbocycles. The number of hydrogen-bond donors (Lipinski definition) is 2. The molecule has 4 aliphatic rings. The molecule has 2 aliphatic heterocycles. The molecule has 2 heterocycles. The van der Waals surface area contributed by atoms with Crippen LogP contribution in [0.3, 0.4) is 0 Å². The smallest absolute Gasteiger partial charge is 0.216 e. The lowest BCUT2D eigenvalue weighted by atomic mass is 9.93. The number of rotatable bonds is 5. The molecule has 2 saturated carbocycles. The number of nitrogens with two attached hydrogens (primary N) is 1. The number of hydrogen-bond acceptors (Lipinski definition) is 5. The average Bonchev–Trinajstić information content (AvgIpc) is 3.38. The van der Waals surface area contributed by atoms with E-state index in [1.807, 2.05) is 0 Å². The van der Waals surface area contributed by atoms with Crippen molar-refractivity contribution in [2.24, 2.45) is 17.6 Å². The Morgan fingerprint density at radius 3 is 2.40 bits per heavy atom. The van der Waals surface area contributed by atoms with Crippen molar-refractivity contribution in [3.63, 3.8) is 0 Å². The van der Waals surface area contributed by atoms with Gasteiger partial charge in [0.15, 0.2) is 0 Å². The van der Waals surface area contributed by atoms with Crippen molar-refractivity contribution in [3.8, 4) is 0 Å². The number of benzene rings is 1. The summed E-state index contributed by atoms with van der Waals surface area (Å²) in [6.45, 7) is 1.68. The first kappa shape index (κ1) is 20.8. The largest absolute Gasteiger partial charge is 0.370 e. The summed E-state index contributed by atoms with van der Waals surface area (Å²) in [5.74, 6) is -0.193. The Bertz CT molecular complexity index is 897. The van der Waals surface area contributed by atoms with Crippen LogP contribution in [0.15, 0.2) is 18.2 Å². The molecule has 2 aliphatic carbocycles. The van der Waals surface area contributed by atoms with Gasteiger partial charge in [0.25, 0.3) is 0 Å². The van der Waals surface area contributed by atoms with E-state index in [4.69, 9.17) is 10.5 Å². The fourth-order valence-electron chi connectivity index (χ4n) is 5.54. The fraction of sp³-hybridized carbons (Fsp3) is 0.714. The molecular weight excluding hydrogens is 412 g/mol. The molecule has 166 valence electrons. The van der Waals surface area contributed by atoms with Crippen LogP contribution in [0.2, 0.25) is 0 Å². The molecule has 0 amide bonds. The maximum Gasteiger partial charge on any atom is 0.216 e. The molecule has 5 atom stereocenters. The molecule has 30 heavy (non-hydrogen) atoms. The van der Waals surface area contributed by atoms with E-state index >= 15 is 0 Å². The highest BCUT2D eigenvalue weighted by atomic mass is 32.2. The summed E-state index contributed by atoms with van der Waals surface area (Å²) in [5.41, 5.74) is 6.43. The molecule has 0 radical (unpaired) electrons. The van der Waals surface area contributed by atoms with Crippen molar-refractivity contribution in [2.75, 3.05) is 19.7 Å². The van der Waals surface area contributed by atoms with E-state index in [2.05, 4.69) is 5.32 Å². The van der Waals surface area contributed by atoms with Gasteiger partial charge in [0, 0.05) is 36.8 Å². The Balaban J connectivity index is 1.14. The molecule has 4 fully saturated rings. The maximum atomic E-state index is 14.1. The van der Waals surface area contributed by atoms with E-state index in [-0.39, 0.29) is 16.9 Å². The van der Waals surface area contributed by atoms with Crippen LogP contribution in [-0.2, 0) is 14.8 Å². The normalized spacial score (nSPS) is 37.4. The minimum Gasteiger partial charge on any atom is -0.370 e. The Hall–Kier alpha value is -1.13. The van der Waals surface area contributed by atoms with Crippen molar-refractivity contribution in [1.29, 1.82) is 0 Å². The van der Waals surface area contributed by atoms with Gasteiger partial charge >= 0.3 is 0 Å². The molecule has 3 N–H and O–H groups in total. The molecule has 0 spiro atoms. The summed E-state index contributed by atoms with van der Waals surface area (Å²) >= 11 is 0. The van der Waals surface area contributed by atoms with Crippen molar-refractivity contribution in [1.82, 2.24) is 9.62 Å². The standard InChI is InChI=1S/C21H29F2N3O3S/c22-14-1-4-19(23)18(7-14)21-20(24)8-16(11-29-21)25-15-5-12-9-26(10-13(12)6-15)30(27,28)17-2-3-17/h1,4,7,12-13,15-17,20-21,25H,2-3,5-6,8-11,24H2/t12?,13?,15?,16?,20?,21-/m1/s1. The number of ether oxygens (including phenoxy) is 1. The maximum absolute atomic E-state index is 14.1. The summed E-state index contributed by atoms with van der Waals surface area (Å²) in [7, 11) is -3.08. The first-order chi connectivity index (χ1) is 14.3. The first-order valence-electron chi connectivity index (χ1n) is 10.9. The van der Waals surface area contributed by atoms with E-state index in [0.29, 0.717) is 44.0 Å². The molecular formula is C21H29F2N3O3S. The summed E-state index contributed by atoms with van der Waals surface area (Å²) < 4.78 is 60.1. The molecule has 2 saturated heterocycles. The SMILES string of the molecule is NC1CC(NC2CC3CN(S(=O)(=O)C4CC4)CC3C2)CO[C@@H]1c1cc(F)ccc1F. The monoisotopic (exact) mass is 441 g/mol. The Morgan fingerprint density at radius 2 is 1.77 bits per heavy atom. The number of nitrogens with zero attached hydrogens (tertiary/aromatic N) is 1. The van der Waals surface area contributed by atoms with Crippen LogP contribution in [0, 0.1) is 23.5 Å². The Labute approximate surface area is 176 Å². The van der Waals surface area contributed by atoms with E-state index in [0.717, 1.165) is 43.9 Å². The van der Waals surface area contributed by atoms with Crippen LogP contribution >= 0.6 is 0 Å². The van der Waals surface area contributed by atoms with Crippen LogP contribution in [-0.4, -0.2) is 55.8 Å². The van der Waals surface area contributed by atoms with Gasteiger partial charge < -0.3 is 15.8 Å². The van der Waals surface area contributed by atoms with Crippen molar-refractivity contribution >= 4 is 10.0 Å². The lowest BCUT2D eigenvalue weighted by Gasteiger charge is -2.36. The van der Waals surface area contributed by atoms with E-state index in [1.165, 1.54) is 0 Å². The van der Waals surface area contributed by atoms with Crippen LogP contribution in [0.5, 0.6) is 0 Å². The van der Waals surface area contributed by atoms with Gasteiger partial charge in [-0.2, -0.15) is 0 Å². The van der Waals surface area contributed by atoms with Crippen LogP contribution in [0.25, 0.3) is 0 Å². The van der Waals surface area contributed by atoms with Gasteiger partial charge in [-0.25, -0.2) is 21.5 Å². The van der Waals surface area contributed by atoms with Crippen LogP contribution < -0.4 is 11.1 Å². The Morgan fingerprint density at radius 1 is 1.07 bits per heavy atom. The summed E-state index contributed by atoms with van der Waals surface area (Å²) in [6.07, 6.45) is 3.49. The van der Waals surface area contributed by atoms with Gasteiger partial charge in [-0.05, 0) is 62.1 Å². The number of nitrogens with one attached hydrogen (secondary N) is 1. The minimum atomic E-state index is -3.08. The zero-order valence-corrected chi connectivity index (χ0v) is 17.7. The predicted molar refractivity (Wildman–Crippen MR) is 108 cm³/mol. The molecule has 5 rings (SSSR count). The summed E-state index contributed by atoms with van der Waals surface area (Å²) in [5, 5.41) is 3.49. The number of sulfonamides is 1. The highest BCUT2D eigenvalue weighted by Crippen LogP contribution is 2.42. The average molecular weight is 442 g/mol. The third kappa shape index (κ3) is 3.90. The molecule has 6 nitrogen and oxygen atoms in total. The molecule has 4 unspecified atom stereocenters. The molecule has 1 aromatic rings. The van der Waals surface area contributed by atoms with Crippen molar-refractivity contribution in [2.45, 2.75) is 61.6 Å². The van der Waals surface area contributed by atoms with Crippen LogP contribution in [0.4, 0.5) is 8.78 Å². The van der Waals surface area contributed by atoms with Gasteiger partial charge in [0.05, 0.1) is 11.9 Å². The zero-order chi connectivity index (χ0) is 21.0. The second-order valence-electron chi connectivity index (χ2n) is 9.43. The van der Waals surface area contributed by atoms with Gasteiger partial charge in [-0.3, -0.25) is 0 Å². The van der Waals surface area contributed by atoms with Crippen LogP contribution in [0.1, 0.15) is 43.8 Å². The molecule has 0 bridgehead atoms. The third-order valence-electron chi connectivity index (χ3n) is 7.18. The van der Waals surface area contributed by atoms with E-state index in [9.17, 15) is 17.2 Å². The Kier molecular flexibility index (Phi) is 5.38. The minimum absolute atomic E-state index is 0.0583. The fourth-order valence-corrected chi connectivity index (χ4v) is 7.50. The topological polar surface area (TPSA) is 84.7 Å². The second-order valence-corrected chi connectivity index (χ2v) is 11.6. The lowest BCUT2D eigenvalue weighted by Crippen LogP contribution is -2.50. The van der Waals surface area contributed by atoms with Gasteiger partial charge in [-0.15, -0.1) is 0 Å². The highest BCUT2D eigenvalue weighted by Gasteiger charge is 2.49. The van der Waals surface area contributed by atoms with Gasteiger partial charge in [0.1, 0.15) is 17.7 Å². The van der Waals surface area contributed by atoms with Crippen molar-refractivity contribution in [3.05, 3.63) is 35.4 Å². The van der Waals surface area contributed by atoms with Crippen molar-refractivity contribution < 1.29 is 21.9 Å². The first-order valence-corrected chi connectivity index (χ1v) is 12.4. The van der Waals surface area contributed by atoms with E-state index in [1.54, 1.807) is 4.31 Å². The zero-order valence-electron chi connectivity index (χ0n) is 16.8. The van der Waals surface area contributed by atoms with Gasteiger partial charge in [0.2, 0.25) is 10.0 Å². The third-order valence-corrected chi connectivity index (χ3v) is 9.51. The number of halogens is 2. The molecule has 9 heteroatoms. The molecule has 0 aromatic heterocycles. The number of fused-ring (bicyclic) bond motifs is 1. The van der Waals surface area contributed by atoms with Gasteiger partial charge in [-0.1, -0.05) is 0 Å². The summed E-state index contributed by atoms with van der Waals surface area (Å²) in [6, 6.07) is 3.30. The predicted octanol–water partition coefficient (Wildman–Crippen LogP) is 1.91. The summed E-state index contributed by atoms with van der Waals surface area (Å²) in [4.78, 5) is 0. The quantitative estimate of drug-likeness (QED) is 0.729. The van der Waals surface area contributed by atoms with E-state index < -0.39 is 33.8 Å². The highest BCUT2D eigenvalue weighted by molar-refractivity contribution is 7.90. The second kappa shape index (κ2) is 7.78. The lowest BCUT2D eigenvalue weighted by molar-refractivity contribution is -0.0224.